The van der Waals surface area contributed by atoms with Gasteiger partial charge >= 0.3 is 17.9 Å². The Morgan fingerprint density at radius 1 is 0.688 bits per heavy atom. The molecule has 0 aromatic heterocycles. The number of rotatable bonds is 19. The van der Waals surface area contributed by atoms with Gasteiger partial charge in [-0.05, 0) is 19.8 Å². The average molecular weight is 451 g/mol. The second kappa shape index (κ2) is 20.5. The van der Waals surface area contributed by atoms with Gasteiger partial charge in [-0.1, -0.05) is 90.7 Å². The second-order valence-corrected chi connectivity index (χ2v) is 7.67. The minimum absolute atomic E-state index is 0.0608. The Labute approximate surface area is 194 Å². The molecule has 0 amide bonds. The molecule has 0 bridgehead atoms. The summed E-state index contributed by atoms with van der Waals surface area (Å²) in [6, 6.07) is 0. The van der Waals surface area contributed by atoms with Gasteiger partial charge in [-0.15, -0.1) is 0 Å². The van der Waals surface area contributed by atoms with Crippen molar-refractivity contribution < 1.29 is 28.6 Å². The third kappa shape index (κ3) is 14.6. The molecule has 0 saturated carbocycles. The van der Waals surface area contributed by atoms with Crippen molar-refractivity contribution in [3.63, 3.8) is 0 Å². The molecule has 0 N–H and O–H groups in total. The first-order valence-electron chi connectivity index (χ1n) is 12.1. The molecule has 0 saturated heterocycles. The van der Waals surface area contributed by atoms with Gasteiger partial charge in [0.25, 0.3) is 0 Å². The highest BCUT2D eigenvalue weighted by atomic mass is 16.5. The van der Waals surface area contributed by atoms with Gasteiger partial charge in [-0.25, -0.2) is 14.4 Å². The van der Waals surface area contributed by atoms with Crippen LogP contribution in [0, 0.1) is 0 Å². The molecule has 0 aliphatic carbocycles. The number of allylic oxidation sites excluding steroid dienone is 1. The number of carbonyl (C=O) groups excluding carboxylic acids is 3. The Kier molecular flexibility index (Phi) is 19.0. The Bertz CT molecular complexity index is 618. The molecule has 0 aliphatic heterocycles. The lowest BCUT2D eigenvalue weighted by atomic mass is 10.1. The van der Waals surface area contributed by atoms with Crippen LogP contribution in [-0.4, -0.2) is 31.1 Å². The van der Waals surface area contributed by atoms with Crippen molar-refractivity contribution in [2.24, 2.45) is 0 Å². The molecule has 0 aliphatic rings. The van der Waals surface area contributed by atoms with Gasteiger partial charge in [-0.3, -0.25) is 0 Å². The van der Waals surface area contributed by atoms with Crippen LogP contribution in [0.5, 0.6) is 0 Å². The van der Waals surface area contributed by atoms with Crippen LogP contribution in [0.1, 0.15) is 97.8 Å². The van der Waals surface area contributed by atoms with E-state index in [0.717, 1.165) is 57.3 Å². The Morgan fingerprint density at radius 2 is 1.19 bits per heavy atom. The van der Waals surface area contributed by atoms with E-state index >= 15 is 0 Å². The first-order chi connectivity index (χ1) is 15.5. The predicted molar refractivity (Wildman–Crippen MR) is 127 cm³/mol. The molecule has 6 nitrogen and oxygen atoms in total. The fourth-order valence-electron chi connectivity index (χ4n) is 3.11. The second-order valence-electron chi connectivity index (χ2n) is 7.67. The zero-order chi connectivity index (χ0) is 24.0. The van der Waals surface area contributed by atoms with E-state index in [1.807, 2.05) is 0 Å². The molecule has 32 heavy (non-hydrogen) atoms. The molecule has 6 heteroatoms. The summed E-state index contributed by atoms with van der Waals surface area (Å²) in [7, 11) is 0. The van der Waals surface area contributed by atoms with Gasteiger partial charge in [0, 0.05) is 6.08 Å². The predicted octanol–water partition coefficient (Wildman–Crippen LogP) is 6.35. The van der Waals surface area contributed by atoms with Gasteiger partial charge in [0.2, 0.25) is 0 Å². The third-order valence-corrected chi connectivity index (χ3v) is 4.94. The minimum Gasteiger partial charge on any atom is -0.463 e. The fraction of sp³-hybridized carbons (Fsp3) is 0.654. The number of unbranched alkanes of at least 4 members (excludes halogenated alkanes) is 10. The van der Waals surface area contributed by atoms with E-state index in [1.165, 1.54) is 38.2 Å². The van der Waals surface area contributed by atoms with Crippen molar-refractivity contribution in [2.45, 2.75) is 97.8 Å². The molecular formula is C26H42O6. The van der Waals surface area contributed by atoms with Crippen molar-refractivity contribution >= 4 is 17.9 Å². The molecule has 0 aromatic carbocycles. The summed E-state index contributed by atoms with van der Waals surface area (Å²) in [6.07, 6.45) is 16.1. The van der Waals surface area contributed by atoms with Crippen LogP contribution < -0.4 is 0 Å². The molecule has 0 spiro atoms. The van der Waals surface area contributed by atoms with E-state index < -0.39 is 17.9 Å². The third-order valence-electron chi connectivity index (χ3n) is 4.94. The summed E-state index contributed by atoms with van der Waals surface area (Å²) in [6.45, 7) is 9.74. The molecule has 0 unspecified atom stereocenters. The topological polar surface area (TPSA) is 78.9 Å². The fourth-order valence-corrected chi connectivity index (χ4v) is 3.11. The highest BCUT2D eigenvalue weighted by molar-refractivity contribution is 6.10. The lowest BCUT2D eigenvalue weighted by Gasteiger charge is -2.11. The van der Waals surface area contributed by atoms with E-state index in [0.29, 0.717) is 0 Å². The Hall–Kier alpha value is -2.37. The van der Waals surface area contributed by atoms with Gasteiger partial charge in [0.05, 0.1) is 30.6 Å². The van der Waals surface area contributed by atoms with Crippen LogP contribution in [0.4, 0.5) is 0 Å². The highest BCUT2D eigenvalue weighted by Gasteiger charge is 2.24. The Morgan fingerprint density at radius 3 is 1.69 bits per heavy atom. The SMILES string of the molecule is C=COC(=O)C(=CC)/C(=C/C(=O)OCCCCCCCC)C(=O)OCCCCCCCC. The van der Waals surface area contributed by atoms with Crippen molar-refractivity contribution in [1.29, 1.82) is 0 Å². The number of hydrogen-bond acceptors (Lipinski definition) is 6. The number of carbonyl (C=O) groups is 3. The molecule has 0 aromatic rings. The molecule has 182 valence electrons. The normalized spacial score (nSPS) is 11.7. The zero-order valence-corrected chi connectivity index (χ0v) is 20.3. The molecule has 0 fully saturated rings. The van der Waals surface area contributed by atoms with Crippen molar-refractivity contribution in [2.75, 3.05) is 13.2 Å². The maximum absolute atomic E-state index is 12.6. The van der Waals surface area contributed by atoms with Crippen molar-refractivity contribution in [1.82, 2.24) is 0 Å². The van der Waals surface area contributed by atoms with Crippen LogP contribution >= 0.6 is 0 Å². The average Bonchev–Trinajstić information content (AvgIpc) is 2.77. The van der Waals surface area contributed by atoms with Crippen molar-refractivity contribution in [3.05, 3.63) is 36.1 Å². The van der Waals surface area contributed by atoms with Gasteiger partial charge in [0.1, 0.15) is 0 Å². The first kappa shape index (κ1) is 29.6. The highest BCUT2D eigenvalue weighted by Crippen LogP contribution is 2.16. The quantitative estimate of drug-likeness (QED) is 0.0569. The summed E-state index contributed by atoms with van der Waals surface area (Å²) in [5, 5.41) is 0. The van der Waals surface area contributed by atoms with Crippen LogP contribution in [0.2, 0.25) is 0 Å². The number of esters is 3. The maximum atomic E-state index is 12.6. The first-order valence-corrected chi connectivity index (χ1v) is 12.1. The summed E-state index contributed by atoms with van der Waals surface area (Å²) >= 11 is 0. The van der Waals surface area contributed by atoms with Crippen molar-refractivity contribution in [3.8, 4) is 0 Å². The monoisotopic (exact) mass is 450 g/mol. The molecule has 0 radical (unpaired) electrons. The van der Waals surface area contributed by atoms with Gasteiger partial charge in [0.15, 0.2) is 0 Å². The molecule has 0 rings (SSSR count). The number of hydrogen-bond donors (Lipinski definition) is 0. The van der Waals surface area contributed by atoms with E-state index in [9.17, 15) is 14.4 Å². The van der Waals surface area contributed by atoms with E-state index in [2.05, 4.69) is 20.4 Å². The summed E-state index contributed by atoms with van der Waals surface area (Å²) < 4.78 is 15.3. The standard InChI is InChI=1S/C26H42O6/c1-5-9-11-13-15-17-19-31-24(27)21-23(22(7-3)25(28)30-8-4)26(29)32-20-18-16-14-12-10-6-2/h7-8,21H,4-6,9-20H2,1-3H3/b22-7?,23-21-. The smallest absolute Gasteiger partial charge is 0.343 e. The summed E-state index contributed by atoms with van der Waals surface area (Å²) in [4.78, 5) is 37.1. The van der Waals surface area contributed by atoms with Gasteiger partial charge in [-0.2, -0.15) is 0 Å². The largest absolute Gasteiger partial charge is 0.463 e. The van der Waals surface area contributed by atoms with Crippen LogP contribution in [0.25, 0.3) is 0 Å². The lowest BCUT2D eigenvalue weighted by molar-refractivity contribution is -0.142. The van der Waals surface area contributed by atoms with E-state index in [1.54, 1.807) is 6.92 Å². The maximum Gasteiger partial charge on any atom is 0.343 e. The Balaban J connectivity index is 4.88. The number of ether oxygens (including phenoxy) is 3. The van der Waals surface area contributed by atoms with Crippen LogP contribution in [0.15, 0.2) is 36.1 Å². The van der Waals surface area contributed by atoms with E-state index in [4.69, 9.17) is 14.2 Å². The molecule has 0 heterocycles. The summed E-state index contributed by atoms with van der Waals surface area (Å²) in [5.74, 6) is -2.21. The zero-order valence-electron chi connectivity index (χ0n) is 20.3. The van der Waals surface area contributed by atoms with Gasteiger partial charge < -0.3 is 14.2 Å². The summed E-state index contributed by atoms with van der Waals surface area (Å²) in [5.41, 5.74) is -0.229. The van der Waals surface area contributed by atoms with Crippen LogP contribution in [-0.2, 0) is 28.6 Å². The molecular weight excluding hydrogens is 408 g/mol. The molecule has 0 atom stereocenters. The van der Waals surface area contributed by atoms with E-state index in [-0.39, 0.29) is 24.4 Å². The van der Waals surface area contributed by atoms with Crippen LogP contribution in [0.3, 0.4) is 0 Å². The minimum atomic E-state index is -0.783. The lowest BCUT2D eigenvalue weighted by Crippen LogP contribution is -2.18.